The van der Waals surface area contributed by atoms with Crippen LogP contribution in [-0.4, -0.2) is 52.2 Å². The second-order valence-corrected chi connectivity index (χ2v) is 9.86. The Morgan fingerprint density at radius 2 is 1.86 bits per heavy atom. The van der Waals surface area contributed by atoms with Gasteiger partial charge in [0.25, 0.3) is 5.91 Å². The summed E-state index contributed by atoms with van der Waals surface area (Å²) in [7, 11) is 0. The van der Waals surface area contributed by atoms with Crippen LogP contribution in [0.15, 0.2) is 52.9 Å². The normalized spacial score (nSPS) is 17.7. The zero-order valence-electron chi connectivity index (χ0n) is 20.7. The van der Waals surface area contributed by atoms with Crippen LogP contribution >= 0.6 is 0 Å². The van der Waals surface area contributed by atoms with Gasteiger partial charge in [-0.1, -0.05) is 30.3 Å². The Bertz CT molecular complexity index is 1280. The van der Waals surface area contributed by atoms with E-state index in [0.717, 1.165) is 10.5 Å². The highest BCUT2D eigenvalue weighted by atomic mass is 16.6. The van der Waals surface area contributed by atoms with E-state index in [2.05, 4.69) is 5.32 Å². The second kappa shape index (κ2) is 9.93. The Morgan fingerprint density at radius 1 is 1.14 bits per heavy atom. The molecule has 1 unspecified atom stereocenters. The topological polar surface area (TPSA) is 118 Å². The van der Waals surface area contributed by atoms with Crippen LogP contribution in [-0.2, 0) is 16.1 Å². The van der Waals surface area contributed by atoms with Crippen LogP contribution < -0.4 is 10.1 Å². The van der Waals surface area contributed by atoms with Crippen LogP contribution in [0.1, 0.15) is 48.9 Å². The summed E-state index contributed by atoms with van der Waals surface area (Å²) in [5, 5.41) is 13.1. The van der Waals surface area contributed by atoms with E-state index in [-0.39, 0.29) is 13.0 Å². The van der Waals surface area contributed by atoms with E-state index < -0.39 is 35.7 Å². The van der Waals surface area contributed by atoms with Gasteiger partial charge in [-0.2, -0.15) is 0 Å². The van der Waals surface area contributed by atoms with E-state index in [4.69, 9.17) is 13.9 Å². The van der Waals surface area contributed by atoms with E-state index in [0.29, 0.717) is 34.6 Å². The molecule has 2 heterocycles. The predicted octanol–water partition coefficient (Wildman–Crippen LogP) is 4.51. The third kappa shape index (κ3) is 5.62. The minimum Gasteiger partial charge on any atom is -0.489 e. The first-order valence-electron chi connectivity index (χ1n) is 11.7. The number of rotatable bonds is 6. The number of nitrogens with one attached hydrogen (secondary N) is 1. The van der Waals surface area contributed by atoms with Crippen LogP contribution in [0.2, 0.25) is 0 Å². The maximum absolute atomic E-state index is 13.3. The lowest BCUT2D eigenvalue weighted by molar-refractivity contribution is -0.142. The molecular formula is C27H30N2O7. The summed E-state index contributed by atoms with van der Waals surface area (Å²) in [4.78, 5) is 38.8. The average Bonchev–Trinajstić information content (AvgIpc) is 3.37. The number of carboxylic acid groups (broad SMARTS) is 1. The molecule has 1 fully saturated rings. The lowest BCUT2D eigenvalue weighted by atomic mass is 10.1. The molecule has 1 aliphatic rings. The summed E-state index contributed by atoms with van der Waals surface area (Å²) in [5.74, 6) is -0.544. The van der Waals surface area contributed by atoms with Gasteiger partial charge in [-0.3, -0.25) is 9.69 Å². The number of furan rings is 1. The summed E-state index contributed by atoms with van der Waals surface area (Å²) in [6.07, 6.45) is -0.655. The van der Waals surface area contributed by atoms with E-state index in [9.17, 15) is 19.5 Å². The molecule has 3 aromatic rings. The van der Waals surface area contributed by atoms with Crippen molar-refractivity contribution in [3.8, 4) is 5.75 Å². The largest absolute Gasteiger partial charge is 0.489 e. The minimum atomic E-state index is -1.15. The molecule has 0 radical (unpaired) electrons. The molecular weight excluding hydrogens is 464 g/mol. The predicted molar refractivity (Wildman–Crippen MR) is 132 cm³/mol. The number of carbonyl (C=O) groups is 3. The quantitative estimate of drug-likeness (QED) is 0.517. The van der Waals surface area contributed by atoms with Crippen LogP contribution in [0.4, 0.5) is 4.79 Å². The van der Waals surface area contributed by atoms with Crippen LogP contribution in [0.25, 0.3) is 11.0 Å². The third-order valence-corrected chi connectivity index (χ3v) is 5.86. The van der Waals surface area contributed by atoms with Gasteiger partial charge in [0.1, 0.15) is 35.3 Å². The SMILES string of the molecule is Cc1oc2ccc(OCc3ccccc3)cc2c1C(=O)NC1C[C@H](C(=O)O)N(C(=O)OC(C)(C)C)C1. The van der Waals surface area contributed by atoms with Crippen LogP contribution in [0.5, 0.6) is 5.75 Å². The van der Waals surface area contributed by atoms with E-state index in [1.165, 1.54) is 0 Å². The van der Waals surface area contributed by atoms with Crippen LogP contribution in [0.3, 0.4) is 0 Å². The van der Waals surface area contributed by atoms with Crippen molar-refractivity contribution in [2.75, 3.05) is 6.54 Å². The van der Waals surface area contributed by atoms with Gasteiger partial charge in [-0.25, -0.2) is 9.59 Å². The molecule has 2 atom stereocenters. The molecule has 36 heavy (non-hydrogen) atoms. The van der Waals surface area contributed by atoms with Crippen molar-refractivity contribution in [1.29, 1.82) is 0 Å². The van der Waals surface area contributed by atoms with Gasteiger partial charge in [-0.05, 0) is 51.5 Å². The van der Waals surface area contributed by atoms with E-state index in [1.807, 2.05) is 30.3 Å². The van der Waals surface area contributed by atoms with Crippen molar-refractivity contribution < 1.29 is 33.4 Å². The number of ether oxygens (including phenoxy) is 2. The molecule has 1 saturated heterocycles. The molecule has 2 aromatic carbocycles. The van der Waals surface area contributed by atoms with Crippen molar-refractivity contribution in [2.24, 2.45) is 0 Å². The number of fused-ring (bicyclic) bond motifs is 1. The molecule has 0 aliphatic carbocycles. The summed E-state index contributed by atoms with van der Waals surface area (Å²) in [5.41, 5.74) is 1.13. The Labute approximate surface area is 209 Å². The van der Waals surface area contributed by atoms with Crippen molar-refractivity contribution >= 4 is 28.9 Å². The number of hydrogen-bond donors (Lipinski definition) is 2. The first-order valence-corrected chi connectivity index (χ1v) is 11.7. The fourth-order valence-electron chi connectivity index (χ4n) is 4.27. The van der Waals surface area contributed by atoms with Gasteiger partial charge in [0, 0.05) is 24.4 Å². The number of carboxylic acids is 1. The van der Waals surface area contributed by atoms with Crippen molar-refractivity contribution in [3.63, 3.8) is 0 Å². The molecule has 4 rings (SSSR count). The zero-order valence-corrected chi connectivity index (χ0v) is 20.7. The number of amides is 2. The fraction of sp³-hybridized carbons (Fsp3) is 0.370. The second-order valence-electron chi connectivity index (χ2n) is 9.86. The van der Waals surface area contributed by atoms with E-state index in [1.54, 1.807) is 45.9 Å². The molecule has 0 saturated carbocycles. The Morgan fingerprint density at radius 3 is 2.53 bits per heavy atom. The molecule has 9 heteroatoms. The Balaban J connectivity index is 1.50. The van der Waals surface area contributed by atoms with Crippen molar-refractivity contribution in [1.82, 2.24) is 10.2 Å². The number of aryl methyl sites for hydroxylation is 1. The molecule has 1 aliphatic heterocycles. The highest BCUT2D eigenvalue weighted by Crippen LogP contribution is 2.30. The molecule has 190 valence electrons. The Kier molecular flexibility index (Phi) is 6.92. The summed E-state index contributed by atoms with van der Waals surface area (Å²) in [6.45, 7) is 7.23. The number of nitrogens with zero attached hydrogens (tertiary/aromatic N) is 1. The molecule has 2 amide bonds. The summed E-state index contributed by atoms with van der Waals surface area (Å²) < 4.78 is 17.0. The zero-order chi connectivity index (χ0) is 26.0. The van der Waals surface area contributed by atoms with Gasteiger partial charge >= 0.3 is 12.1 Å². The summed E-state index contributed by atoms with van der Waals surface area (Å²) >= 11 is 0. The number of likely N-dealkylation sites (tertiary alicyclic amines) is 1. The highest BCUT2D eigenvalue weighted by molar-refractivity contribution is 6.07. The van der Waals surface area contributed by atoms with E-state index >= 15 is 0 Å². The van der Waals surface area contributed by atoms with Gasteiger partial charge < -0.3 is 24.3 Å². The lowest BCUT2D eigenvalue weighted by Gasteiger charge is -2.26. The fourth-order valence-corrected chi connectivity index (χ4v) is 4.27. The summed E-state index contributed by atoms with van der Waals surface area (Å²) in [6, 6.07) is 13.4. The van der Waals surface area contributed by atoms with Gasteiger partial charge in [0.05, 0.1) is 5.56 Å². The number of benzene rings is 2. The number of carbonyl (C=O) groups excluding carboxylic acids is 2. The third-order valence-electron chi connectivity index (χ3n) is 5.86. The van der Waals surface area contributed by atoms with Gasteiger partial charge in [0.15, 0.2) is 0 Å². The van der Waals surface area contributed by atoms with Crippen molar-refractivity contribution in [3.05, 3.63) is 65.4 Å². The maximum atomic E-state index is 13.3. The molecule has 0 spiro atoms. The standard InChI is InChI=1S/C27H30N2O7/c1-16-23(20-13-19(10-11-22(20)35-16)34-15-17-8-6-5-7-9-17)24(30)28-18-12-21(25(31)32)29(14-18)26(33)36-27(2,3)4/h5-11,13,18,21H,12,14-15H2,1-4H3,(H,28,30)(H,31,32)/t18?,21-/m1/s1. The smallest absolute Gasteiger partial charge is 0.411 e. The minimum absolute atomic E-state index is 0.0257. The maximum Gasteiger partial charge on any atom is 0.411 e. The Hall–Kier alpha value is -4.01. The molecule has 9 nitrogen and oxygen atoms in total. The highest BCUT2D eigenvalue weighted by Gasteiger charge is 2.42. The van der Waals surface area contributed by atoms with Gasteiger partial charge in [-0.15, -0.1) is 0 Å². The molecule has 1 aromatic heterocycles. The van der Waals surface area contributed by atoms with Gasteiger partial charge in [0.2, 0.25) is 0 Å². The average molecular weight is 495 g/mol. The first-order chi connectivity index (χ1) is 17.0. The van der Waals surface area contributed by atoms with Crippen LogP contribution in [0, 0.1) is 6.92 Å². The molecule has 0 bridgehead atoms. The lowest BCUT2D eigenvalue weighted by Crippen LogP contribution is -2.44. The first kappa shape index (κ1) is 25.1. The number of hydrogen-bond acceptors (Lipinski definition) is 6. The molecule has 2 N–H and O–H groups in total. The van der Waals surface area contributed by atoms with Crippen molar-refractivity contribution in [2.45, 2.75) is 58.4 Å². The number of aliphatic carboxylic acids is 1. The monoisotopic (exact) mass is 494 g/mol.